The Kier molecular flexibility index (Phi) is 7.91. The van der Waals surface area contributed by atoms with Gasteiger partial charge >= 0.3 is 0 Å². The van der Waals surface area contributed by atoms with Gasteiger partial charge in [0.2, 0.25) is 10.0 Å². The van der Waals surface area contributed by atoms with E-state index in [1.165, 1.54) is 10.6 Å². The van der Waals surface area contributed by atoms with E-state index in [2.05, 4.69) is 15.4 Å². The van der Waals surface area contributed by atoms with Gasteiger partial charge in [0.25, 0.3) is 0 Å². The first kappa shape index (κ1) is 23.1. The standard InChI is InChI=1S/C21H31N5O4S/c1-4-22-21(23-15-18(3)30-20-7-5-6-17(2)14-20)25-9-11-26(12-10-25)31(27,28)16-19-8-13-29-24-19/h5-8,13-14,18H,4,9-12,15-16H2,1-3H3,(H,22,23). The maximum absolute atomic E-state index is 12.6. The second-order valence-electron chi connectivity index (χ2n) is 7.57. The van der Waals surface area contributed by atoms with Crippen LogP contribution in [0.3, 0.4) is 0 Å². The highest BCUT2D eigenvalue weighted by molar-refractivity contribution is 7.88. The van der Waals surface area contributed by atoms with Gasteiger partial charge in [-0.3, -0.25) is 0 Å². The second kappa shape index (κ2) is 10.6. The van der Waals surface area contributed by atoms with Gasteiger partial charge in [-0.15, -0.1) is 0 Å². The number of aliphatic imine (C=N–C) groups is 1. The number of hydrogen-bond acceptors (Lipinski definition) is 6. The van der Waals surface area contributed by atoms with E-state index in [1.807, 2.05) is 45.0 Å². The second-order valence-corrected chi connectivity index (χ2v) is 9.54. The zero-order chi connectivity index (χ0) is 22.3. The SMILES string of the molecule is CCNC(=NCC(C)Oc1cccc(C)c1)N1CCN(S(=O)(=O)Cc2ccon2)CC1. The number of benzene rings is 1. The Morgan fingerprint density at radius 2 is 2.06 bits per heavy atom. The topological polar surface area (TPSA) is 100 Å². The van der Waals surface area contributed by atoms with Crippen molar-refractivity contribution in [2.24, 2.45) is 4.99 Å². The monoisotopic (exact) mass is 449 g/mol. The minimum absolute atomic E-state index is 0.0837. The third-order valence-electron chi connectivity index (χ3n) is 4.91. The first-order valence-electron chi connectivity index (χ1n) is 10.5. The summed E-state index contributed by atoms with van der Waals surface area (Å²) in [6, 6.07) is 9.52. The van der Waals surface area contributed by atoms with Crippen molar-refractivity contribution in [3.63, 3.8) is 0 Å². The number of aromatic nitrogens is 1. The van der Waals surface area contributed by atoms with E-state index < -0.39 is 10.0 Å². The van der Waals surface area contributed by atoms with Crippen LogP contribution in [-0.2, 0) is 15.8 Å². The number of nitrogens with one attached hydrogen (secondary N) is 1. The summed E-state index contributed by atoms with van der Waals surface area (Å²) in [7, 11) is -3.43. The highest BCUT2D eigenvalue weighted by atomic mass is 32.2. The summed E-state index contributed by atoms with van der Waals surface area (Å²) in [6.45, 7) is 9.21. The molecule has 0 amide bonds. The predicted molar refractivity (Wildman–Crippen MR) is 120 cm³/mol. The van der Waals surface area contributed by atoms with E-state index in [0.29, 0.717) is 38.4 Å². The third kappa shape index (κ3) is 6.70. The Morgan fingerprint density at radius 1 is 1.29 bits per heavy atom. The van der Waals surface area contributed by atoms with E-state index in [-0.39, 0.29) is 11.9 Å². The highest BCUT2D eigenvalue weighted by Crippen LogP contribution is 2.15. The number of aryl methyl sites for hydroxylation is 1. The summed E-state index contributed by atoms with van der Waals surface area (Å²) >= 11 is 0. The van der Waals surface area contributed by atoms with Crippen LogP contribution in [-0.4, -0.2) is 74.1 Å². The number of ether oxygens (including phenoxy) is 1. The van der Waals surface area contributed by atoms with Gasteiger partial charge in [-0.2, -0.15) is 4.31 Å². The number of guanidine groups is 1. The molecule has 1 aliphatic rings. The summed E-state index contributed by atoms with van der Waals surface area (Å²) in [5.74, 6) is 1.46. The van der Waals surface area contributed by atoms with Crippen molar-refractivity contribution in [1.29, 1.82) is 0 Å². The first-order valence-corrected chi connectivity index (χ1v) is 12.1. The van der Waals surface area contributed by atoms with Crippen LogP contribution in [0.1, 0.15) is 25.1 Å². The molecule has 1 unspecified atom stereocenters. The van der Waals surface area contributed by atoms with E-state index in [0.717, 1.165) is 23.8 Å². The Bertz CT molecular complexity index is 954. The average Bonchev–Trinajstić information content (AvgIpc) is 3.23. The first-order chi connectivity index (χ1) is 14.9. The minimum Gasteiger partial charge on any atom is -0.489 e. The van der Waals surface area contributed by atoms with Crippen LogP contribution in [0.4, 0.5) is 0 Å². The molecule has 170 valence electrons. The average molecular weight is 450 g/mol. The van der Waals surface area contributed by atoms with Crippen LogP contribution in [0.2, 0.25) is 0 Å². The third-order valence-corrected chi connectivity index (χ3v) is 6.73. The summed E-state index contributed by atoms with van der Waals surface area (Å²) in [6.07, 6.45) is 1.30. The molecule has 0 bridgehead atoms. The zero-order valence-corrected chi connectivity index (χ0v) is 19.1. The fraction of sp³-hybridized carbons (Fsp3) is 0.524. The molecule has 1 saturated heterocycles. The van der Waals surface area contributed by atoms with Crippen LogP contribution in [0.5, 0.6) is 5.75 Å². The lowest BCUT2D eigenvalue weighted by Gasteiger charge is -2.35. The lowest BCUT2D eigenvalue weighted by atomic mass is 10.2. The molecule has 1 N–H and O–H groups in total. The lowest BCUT2D eigenvalue weighted by molar-refractivity contribution is 0.227. The van der Waals surface area contributed by atoms with Crippen molar-refractivity contribution in [2.75, 3.05) is 39.3 Å². The number of rotatable bonds is 8. The van der Waals surface area contributed by atoms with Crippen LogP contribution < -0.4 is 10.1 Å². The molecule has 0 aliphatic carbocycles. The lowest BCUT2D eigenvalue weighted by Crippen LogP contribution is -2.54. The molecule has 9 nitrogen and oxygen atoms in total. The fourth-order valence-electron chi connectivity index (χ4n) is 3.37. The minimum atomic E-state index is -3.43. The molecule has 2 aromatic rings. The number of nitrogens with zero attached hydrogens (tertiary/aromatic N) is 4. The highest BCUT2D eigenvalue weighted by Gasteiger charge is 2.29. The van der Waals surface area contributed by atoms with Gasteiger partial charge < -0.3 is 19.5 Å². The smallest absolute Gasteiger partial charge is 0.220 e. The normalized spacial score (nSPS) is 16.9. The summed E-state index contributed by atoms with van der Waals surface area (Å²) in [5.41, 5.74) is 1.57. The van der Waals surface area contributed by atoms with Gasteiger partial charge in [0.05, 0.1) is 12.2 Å². The molecule has 0 radical (unpaired) electrons. The molecule has 1 aromatic heterocycles. The van der Waals surface area contributed by atoms with Gasteiger partial charge in [0, 0.05) is 38.8 Å². The van der Waals surface area contributed by atoms with E-state index in [1.54, 1.807) is 6.07 Å². The van der Waals surface area contributed by atoms with Gasteiger partial charge in [-0.05, 0) is 38.5 Å². The molecule has 2 heterocycles. The Morgan fingerprint density at radius 3 is 2.71 bits per heavy atom. The van der Waals surface area contributed by atoms with Crippen molar-refractivity contribution in [3.05, 3.63) is 47.9 Å². The van der Waals surface area contributed by atoms with Gasteiger partial charge in [-0.25, -0.2) is 13.4 Å². The summed E-state index contributed by atoms with van der Waals surface area (Å²) < 4.78 is 37.5. The molecule has 10 heteroatoms. The molecule has 1 aromatic carbocycles. The maximum Gasteiger partial charge on any atom is 0.220 e. The van der Waals surface area contributed by atoms with Crippen molar-refractivity contribution in [3.8, 4) is 5.75 Å². The Balaban J connectivity index is 1.55. The fourth-order valence-corrected chi connectivity index (χ4v) is 4.79. The molecular weight excluding hydrogens is 418 g/mol. The summed E-state index contributed by atoms with van der Waals surface area (Å²) in [4.78, 5) is 6.81. The van der Waals surface area contributed by atoms with Gasteiger partial charge in [0.15, 0.2) is 5.96 Å². The Labute approximate surface area is 184 Å². The number of sulfonamides is 1. The number of hydrogen-bond donors (Lipinski definition) is 1. The van der Waals surface area contributed by atoms with Crippen LogP contribution in [0.15, 0.2) is 46.1 Å². The van der Waals surface area contributed by atoms with Crippen molar-refractivity contribution >= 4 is 16.0 Å². The molecule has 0 spiro atoms. The molecular formula is C21H31N5O4S. The van der Waals surface area contributed by atoms with E-state index >= 15 is 0 Å². The predicted octanol–water partition coefficient (Wildman–Crippen LogP) is 1.86. The molecule has 1 fully saturated rings. The van der Waals surface area contributed by atoms with Crippen molar-refractivity contribution < 1.29 is 17.7 Å². The Hall–Kier alpha value is -2.59. The number of piperazine rings is 1. The molecule has 3 rings (SSSR count). The molecule has 1 aliphatic heterocycles. The quantitative estimate of drug-likeness (QED) is 0.485. The van der Waals surface area contributed by atoms with E-state index in [4.69, 9.17) is 14.3 Å². The van der Waals surface area contributed by atoms with Crippen molar-refractivity contribution in [1.82, 2.24) is 19.7 Å². The van der Waals surface area contributed by atoms with Crippen molar-refractivity contribution in [2.45, 2.75) is 32.6 Å². The maximum atomic E-state index is 12.6. The van der Waals surface area contributed by atoms with Crippen LogP contribution in [0, 0.1) is 6.92 Å². The van der Waals surface area contributed by atoms with E-state index in [9.17, 15) is 8.42 Å². The van der Waals surface area contributed by atoms with Gasteiger partial charge in [0.1, 0.15) is 23.9 Å². The van der Waals surface area contributed by atoms with Crippen LogP contribution >= 0.6 is 0 Å². The summed E-state index contributed by atoms with van der Waals surface area (Å²) in [5, 5.41) is 7.01. The molecule has 31 heavy (non-hydrogen) atoms. The van der Waals surface area contributed by atoms with Gasteiger partial charge in [-0.1, -0.05) is 17.3 Å². The zero-order valence-electron chi connectivity index (χ0n) is 18.3. The largest absolute Gasteiger partial charge is 0.489 e. The molecule has 0 saturated carbocycles. The molecule has 1 atom stereocenters. The van der Waals surface area contributed by atoms with Crippen LogP contribution in [0.25, 0.3) is 0 Å².